The summed E-state index contributed by atoms with van der Waals surface area (Å²) in [5.74, 6) is 0. The Labute approximate surface area is 130 Å². The second-order valence-corrected chi connectivity index (χ2v) is 5.48. The van der Waals surface area contributed by atoms with Crippen molar-refractivity contribution in [1.82, 2.24) is 20.0 Å². The first kappa shape index (κ1) is 16.3. The van der Waals surface area contributed by atoms with Gasteiger partial charge < -0.3 is 20.1 Å². The standard InChI is InChI=1S/C16H24N4O2/c1-3-5-14(21)10-18-16(22)17-8-7-13-11-20-9-4-6-12(2)15(20)19-13/h4,6,9,11,14,21H,3,5,7-8,10H2,1-2H3,(H2,17,18,22). The van der Waals surface area contributed by atoms with Crippen molar-refractivity contribution in [3.63, 3.8) is 0 Å². The Kier molecular flexibility index (Phi) is 5.77. The number of carbonyl (C=O) groups excluding carboxylic acids is 1. The Balaban J connectivity index is 1.75. The summed E-state index contributed by atoms with van der Waals surface area (Å²) in [6.07, 6.45) is 5.74. The minimum absolute atomic E-state index is 0.255. The van der Waals surface area contributed by atoms with Gasteiger partial charge in [0.05, 0.1) is 11.8 Å². The van der Waals surface area contributed by atoms with Gasteiger partial charge in [-0.1, -0.05) is 19.4 Å². The number of fused-ring (bicyclic) bond motifs is 1. The second-order valence-electron chi connectivity index (χ2n) is 5.48. The third-order valence-corrected chi connectivity index (χ3v) is 3.51. The maximum atomic E-state index is 11.6. The van der Waals surface area contributed by atoms with Gasteiger partial charge in [-0.25, -0.2) is 9.78 Å². The molecule has 0 spiro atoms. The van der Waals surface area contributed by atoms with Crippen molar-refractivity contribution in [2.75, 3.05) is 13.1 Å². The molecule has 2 amide bonds. The smallest absolute Gasteiger partial charge is 0.314 e. The molecule has 3 N–H and O–H groups in total. The van der Waals surface area contributed by atoms with E-state index in [1.165, 1.54) is 0 Å². The molecule has 0 aliphatic rings. The Morgan fingerprint density at radius 3 is 3.00 bits per heavy atom. The van der Waals surface area contributed by atoms with Gasteiger partial charge in [0.1, 0.15) is 5.65 Å². The lowest BCUT2D eigenvalue weighted by molar-refractivity contribution is 0.160. The average Bonchev–Trinajstić information content (AvgIpc) is 2.90. The largest absolute Gasteiger partial charge is 0.391 e. The van der Waals surface area contributed by atoms with Gasteiger partial charge >= 0.3 is 6.03 Å². The fraction of sp³-hybridized carbons (Fsp3) is 0.500. The van der Waals surface area contributed by atoms with E-state index in [0.717, 1.165) is 23.3 Å². The van der Waals surface area contributed by atoms with Crippen LogP contribution in [0.25, 0.3) is 5.65 Å². The summed E-state index contributed by atoms with van der Waals surface area (Å²) in [6, 6.07) is 3.76. The third kappa shape index (κ3) is 4.46. The van der Waals surface area contributed by atoms with E-state index in [2.05, 4.69) is 15.6 Å². The molecule has 2 aromatic rings. The number of imidazole rings is 1. The second kappa shape index (κ2) is 7.79. The van der Waals surface area contributed by atoms with Crippen molar-refractivity contribution in [3.8, 4) is 0 Å². The van der Waals surface area contributed by atoms with Crippen LogP contribution < -0.4 is 10.6 Å². The molecule has 0 aliphatic carbocycles. The van der Waals surface area contributed by atoms with E-state index in [1.807, 2.05) is 42.8 Å². The van der Waals surface area contributed by atoms with Crippen LogP contribution in [0.2, 0.25) is 0 Å². The zero-order valence-corrected chi connectivity index (χ0v) is 13.2. The van der Waals surface area contributed by atoms with Crippen LogP contribution in [-0.4, -0.2) is 39.7 Å². The van der Waals surface area contributed by atoms with Crippen LogP contribution in [0.1, 0.15) is 31.0 Å². The lowest BCUT2D eigenvalue weighted by atomic mass is 10.2. The topological polar surface area (TPSA) is 78.7 Å². The summed E-state index contributed by atoms with van der Waals surface area (Å²) in [7, 11) is 0. The van der Waals surface area contributed by atoms with Crippen molar-refractivity contribution in [2.45, 2.75) is 39.2 Å². The van der Waals surface area contributed by atoms with Crippen LogP contribution >= 0.6 is 0 Å². The monoisotopic (exact) mass is 304 g/mol. The van der Waals surface area contributed by atoms with E-state index in [0.29, 0.717) is 19.4 Å². The molecular formula is C16H24N4O2. The quantitative estimate of drug-likeness (QED) is 0.727. The summed E-state index contributed by atoms with van der Waals surface area (Å²) in [4.78, 5) is 16.2. The van der Waals surface area contributed by atoms with Gasteiger partial charge in [-0.2, -0.15) is 0 Å². The normalized spacial score (nSPS) is 12.3. The number of nitrogens with one attached hydrogen (secondary N) is 2. The van der Waals surface area contributed by atoms with Gasteiger partial charge in [0.15, 0.2) is 0 Å². The Hall–Kier alpha value is -2.08. The van der Waals surface area contributed by atoms with E-state index in [9.17, 15) is 9.90 Å². The number of hydrogen-bond donors (Lipinski definition) is 3. The maximum absolute atomic E-state index is 11.6. The highest BCUT2D eigenvalue weighted by atomic mass is 16.3. The molecule has 0 bridgehead atoms. The zero-order chi connectivity index (χ0) is 15.9. The molecule has 0 saturated heterocycles. The molecule has 6 heteroatoms. The molecule has 0 radical (unpaired) electrons. The molecule has 22 heavy (non-hydrogen) atoms. The van der Waals surface area contributed by atoms with E-state index >= 15 is 0 Å². The first-order chi connectivity index (χ1) is 10.6. The van der Waals surface area contributed by atoms with Crippen molar-refractivity contribution in [1.29, 1.82) is 0 Å². The number of aromatic nitrogens is 2. The molecule has 2 heterocycles. The predicted molar refractivity (Wildman–Crippen MR) is 85.9 cm³/mol. The van der Waals surface area contributed by atoms with Crippen LogP contribution in [0.5, 0.6) is 0 Å². The van der Waals surface area contributed by atoms with E-state index in [-0.39, 0.29) is 12.6 Å². The summed E-state index contributed by atoms with van der Waals surface area (Å²) in [6.45, 7) is 4.82. The van der Waals surface area contributed by atoms with Crippen LogP contribution in [0.3, 0.4) is 0 Å². The SMILES string of the molecule is CCCC(O)CNC(=O)NCCc1cn2cccc(C)c2n1. The molecule has 1 atom stereocenters. The highest BCUT2D eigenvalue weighted by Crippen LogP contribution is 2.09. The molecule has 2 rings (SSSR count). The first-order valence-corrected chi connectivity index (χ1v) is 7.73. The van der Waals surface area contributed by atoms with Crippen LogP contribution in [0, 0.1) is 6.92 Å². The summed E-state index contributed by atoms with van der Waals surface area (Å²) < 4.78 is 1.99. The fourth-order valence-corrected chi connectivity index (χ4v) is 2.34. The number of pyridine rings is 1. The lowest BCUT2D eigenvalue weighted by Gasteiger charge is -2.11. The highest BCUT2D eigenvalue weighted by Gasteiger charge is 2.07. The van der Waals surface area contributed by atoms with Crippen molar-refractivity contribution in [2.24, 2.45) is 0 Å². The third-order valence-electron chi connectivity index (χ3n) is 3.51. The number of carbonyl (C=O) groups is 1. The number of nitrogens with zero attached hydrogens (tertiary/aromatic N) is 2. The zero-order valence-electron chi connectivity index (χ0n) is 13.2. The number of rotatable bonds is 7. The number of urea groups is 1. The van der Waals surface area contributed by atoms with Crippen LogP contribution in [0.15, 0.2) is 24.5 Å². The lowest BCUT2D eigenvalue weighted by Crippen LogP contribution is -2.40. The van der Waals surface area contributed by atoms with E-state index < -0.39 is 6.10 Å². The van der Waals surface area contributed by atoms with Crippen molar-refractivity contribution >= 4 is 11.7 Å². The number of aliphatic hydroxyl groups is 1. The van der Waals surface area contributed by atoms with Crippen molar-refractivity contribution < 1.29 is 9.90 Å². The van der Waals surface area contributed by atoms with Crippen LogP contribution in [0.4, 0.5) is 4.79 Å². The number of aliphatic hydroxyl groups excluding tert-OH is 1. The molecule has 0 aliphatic heterocycles. The summed E-state index contributed by atoms with van der Waals surface area (Å²) >= 11 is 0. The molecule has 1 unspecified atom stereocenters. The van der Waals surface area contributed by atoms with Gasteiger partial charge in [0, 0.05) is 31.9 Å². The Bertz CT molecular complexity index is 624. The molecule has 0 saturated carbocycles. The minimum atomic E-state index is -0.475. The molecule has 2 aromatic heterocycles. The van der Waals surface area contributed by atoms with Crippen molar-refractivity contribution in [3.05, 3.63) is 35.8 Å². The predicted octanol–water partition coefficient (Wildman–Crippen LogP) is 1.65. The number of aryl methyl sites for hydroxylation is 1. The molecule has 0 fully saturated rings. The van der Waals surface area contributed by atoms with Gasteiger partial charge in [0.2, 0.25) is 0 Å². The summed E-state index contributed by atoms with van der Waals surface area (Å²) in [5, 5.41) is 15.0. The molecule has 120 valence electrons. The highest BCUT2D eigenvalue weighted by molar-refractivity contribution is 5.73. The Morgan fingerprint density at radius 1 is 1.45 bits per heavy atom. The van der Waals surface area contributed by atoms with Gasteiger partial charge in [-0.15, -0.1) is 0 Å². The number of amides is 2. The summed E-state index contributed by atoms with van der Waals surface area (Å²) in [5.41, 5.74) is 3.02. The molecule has 0 aromatic carbocycles. The fourth-order valence-electron chi connectivity index (χ4n) is 2.34. The number of hydrogen-bond acceptors (Lipinski definition) is 3. The minimum Gasteiger partial charge on any atom is -0.391 e. The van der Waals surface area contributed by atoms with Gasteiger partial charge in [-0.3, -0.25) is 0 Å². The van der Waals surface area contributed by atoms with Gasteiger partial charge in [0.25, 0.3) is 0 Å². The first-order valence-electron chi connectivity index (χ1n) is 7.73. The van der Waals surface area contributed by atoms with Gasteiger partial charge in [-0.05, 0) is 25.0 Å². The Morgan fingerprint density at radius 2 is 2.27 bits per heavy atom. The van der Waals surface area contributed by atoms with E-state index in [4.69, 9.17) is 0 Å². The maximum Gasteiger partial charge on any atom is 0.314 e. The molecular weight excluding hydrogens is 280 g/mol. The molecule has 6 nitrogen and oxygen atoms in total. The van der Waals surface area contributed by atoms with E-state index in [1.54, 1.807) is 0 Å². The van der Waals surface area contributed by atoms with Crippen LogP contribution in [-0.2, 0) is 6.42 Å². The average molecular weight is 304 g/mol.